The summed E-state index contributed by atoms with van der Waals surface area (Å²) in [7, 11) is 0. The molecule has 0 unspecified atom stereocenters. The number of hydrogen-bond acceptors (Lipinski definition) is 3. The monoisotopic (exact) mass is 251 g/mol. The van der Waals surface area contributed by atoms with Crippen molar-refractivity contribution in [2.24, 2.45) is 0 Å². The summed E-state index contributed by atoms with van der Waals surface area (Å²) < 4.78 is 0. The molecule has 1 rings (SSSR count). The average molecular weight is 252 g/mol. The summed E-state index contributed by atoms with van der Waals surface area (Å²) >= 11 is 5.81. The highest BCUT2D eigenvalue weighted by molar-refractivity contribution is 6.31. The van der Waals surface area contributed by atoms with Crippen molar-refractivity contribution < 1.29 is 4.79 Å². The van der Waals surface area contributed by atoms with Crippen LogP contribution in [0.15, 0.2) is 18.2 Å². The van der Waals surface area contributed by atoms with Gasteiger partial charge in [0.2, 0.25) is 5.91 Å². The summed E-state index contributed by atoms with van der Waals surface area (Å²) in [4.78, 5) is 11.6. The topological polar surface area (TPSA) is 64.9 Å². The number of nitrogens with zero attached hydrogens (tertiary/aromatic N) is 1. The Labute approximate surface area is 106 Å². The number of carbonyl (C=O) groups excluding carboxylic acids is 1. The number of rotatable bonds is 4. The van der Waals surface area contributed by atoms with Crippen LogP contribution < -0.4 is 10.6 Å². The summed E-state index contributed by atoms with van der Waals surface area (Å²) in [6.07, 6.45) is 0. The van der Waals surface area contributed by atoms with Crippen LogP contribution in [0.25, 0.3) is 0 Å². The molecule has 0 aromatic heterocycles. The maximum Gasteiger partial charge on any atom is 0.238 e. The molecule has 90 valence electrons. The highest BCUT2D eigenvalue weighted by Gasteiger charge is 2.07. The number of nitriles is 1. The third-order valence-corrected chi connectivity index (χ3v) is 2.28. The molecule has 0 aliphatic heterocycles. The van der Waals surface area contributed by atoms with E-state index in [4.69, 9.17) is 16.9 Å². The molecule has 1 aromatic rings. The van der Waals surface area contributed by atoms with Gasteiger partial charge in [-0.25, -0.2) is 0 Å². The lowest BCUT2D eigenvalue weighted by Crippen LogP contribution is -2.32. The first-order valence-electron chi connectivity index (χ1n) is 5.26. The van der Waals surface area contributed by atoms with Gasteiger partial charge in [-0.2, -0.15) is 5.26 Å². The maximum atomic E-state index is 11.6. The number of benzene rings is 1. The molecule has 0 saturated carbocycles. The quantitative estimate of drug-likeness (QED) is 0.862. The predicted molar refractivity (Wildman–Crippen MR) is 67.9 cm³/mol. The zero-order chi connectivity index (χ0) is 12.8. The van der Waals surface area contributed by atoms with Crippen LogP contribution in [-0.4, -0.2) is 18.5 Å². The van der Waals surface area contributed by atoms with Gasteiger partial charge in [-0.1, -0.05) is 25.4 Å². The number of amides is 1. The molecule has 0 bridgehead atoms. The van der Waals surface area contributed by atoms with Gasteiger partial charge in [-0.15, -0.1) is 0 Å². The summed E-state index contributed by atoms with van der Waals surface area (Å²) in [5.41, 5.74) is 0.836. The largest absolute Gasteiger partial charge is 0.324 e. The second-order valence-corrected chi connectivity index (χ2v) is 4.32. The van der Waals surface area contributed by atoms with Crippen LogP contribution in [-0.2, 0) is 4.79 Å². The second kappa shape index (κ2) is 6.24. The lowest BCUT2D eigenvalue weighted by Gasteiger charge is -2.10. The molecule has 0 fully saturated rings. The van der Waals surface area contributed by atoms with E-state index in [1.807, 2.05) is 19.9 Å². The fourth-order valence-electron chi connectivity index (χ4n) is 1.21. The predicted octanol–water partition coefficient (Wildman–Crippen LogP) is 2.15. The van der Waals surface area contributed by atoms with Gasteiger partial charge in [0.05, 0.1) is 17.8 Å². The minimum absolute atomic E-state index is 0.197. The Hall–Kier alpha value is -1.57. The Morgan fingerprint density at radius 3 is 2.82 bits per heavy atom. The lowest BCUT2D eigenvalue weighted by atomic mass is 10.2. The Balaban J connectivity index is 2.71. The first kappa shape index (κ1) is 13.5. The molecule has 0 spiro atoms. The van der Waals surface area contributed by atoms with Crippen molar-refractivity contribution in [1.82, 2.24) is 5.32 Å². The molecule has 1 aromatic carbocycles. The summed E-state index contributed by atoms with van der Waals surface area (Å²) in [5.74, 6) is -0.197. The number of anilines is 1. The van der Waals surface area contributed by atoms with Crippen LogP contribution >= 0.6 is 11.6 Å². The van der Waals surface area contributed by atoms with Gasteiger partial charge in [0.1, 0.15) is 6.07 Å². The minimum Gasteiger partial charge on any atom is -0.324 e. The number of carbonyl (C=O) groups is 1. The molecule has 0 saturated heterocycles. The molecule has 4 nitrogen and oxygen atoms in total. The molecule has 1 amide bonds. The Kier molecular flexibility index (Phi) is 4.95. The van der Waals surface area contributed by atoms with Crippen LogP contribution in [0.2, 0.25) is 5.02 Å². The highest BCUT2D eigenvalue weighted by atomic mass is 35.5. The summed E-state index contributed by atoms with van der Waals surface area (Å²) in [5, 5.41) is 15.0. The summed E-state index contributed by atoms with van der Waals surface area (Å²) in [6, 6.07) is 6.98. The van der Waals surface area contributed by atoms with Crippen molar-refractivity contribution in [3.8, 4) is 6.07 Å². The zero-order valence-electron chi connectivity index (χ0n) is 9.75. The van der Waals surface area contributed by atoms with E-state index in [0.717, 1.165) is 0 Å². The first-order valence-corrected chi connectivity index (χ1v) is 5.63. The van der Waals surface area contributed by atoms with Gasteiger partial charge in [0, 0.05) is 11.1 Å². The zero-order valence-corrected chi connectivity index (χ0v) is 10.5. The van der Waals surface area contributed by atoms with Crippen molar-refractivity contribution in [2.75, 3.05) is 11.9 Å². The van der Waals surface area contributed by atoms with Gasteiger partial charge in [0.15, 0.2) is 0 Å². The number of nitrogens with one attached hydrogen (secondary N) is 2. The number of hydrogen-bond donors (Lipinski definition) is 2. The Morgan fingerprint density at radius 2 is 2.24 bits per heavy atom. The molecule has 17 heavy (non-hydrogen) atoms. The standard InChI is InChI=1S/C12H14ClN3O/c1-8(2)15-7-12(17)16-11-5-10(13)4-3-9(11)6-14/h3-5,8,15H,7H2,1-2H3,(H,16,17). The van der Waals surface area contributed by atoms with Gasteiger partial charge in [0.25, 0.3) is 0 Å². The van der Waals surface area contributed by atoms with E-state index in [9.17, 15) is 4.79 Å². The molecular formula is C12H14ClN3O. The second-order valence-electron chi connectivity index (χ2n) is 3.89. The normalized spacial score (nSPS) is 10.1. The van der Waals surface area contributed by atoms with Crippen LogP contribution in [0.5, 0.6) is 0 Å². The number of halogens is 1. The van der Waals surface area contributed by atoms with E-state index >= 15 is 0 Å². The molecule has 0 radical (unpaired) electrons. The SMILES string of the molecule is CC(C)NCC(=O)Nc1cc(Cl)ccc1C#N. The average Bonchev–Trinajstić information content (AvgIpc) is 2.27. The van der Waals surface area contributed by atoms with Gasteiger partial charge >= 0.3 is 0 Å². The van der Waals surface area contributed by atoms with E-state index in [0.29, 0.717) is 16.3 Å². The van der Waals surface area contributed by atoms with Crippen molar-refractivity contribution in [2.45, 2.75) is 19.9 Å². The Bertz CT molecular complexity index is 452. The molecule has 0 heterocycles. The van der Waals surface area contributed by atoms with Crippen LogP contribution in [0.4, 0.5) is 5.69 Å². The molecular weight excluding hydrogens is 238 g/mol. The van der Waals surface area contributed by atoms with E-state index in [-0.39, 0.29) is 18.5 Å². The maximum absolute atomic E-state index is 11.6. The van der Waals surface area contributed by atoms with E-state index in [2.05, 4.69) is 10.6 Å². The Morgan fingerprint density at radius 1 is 1.53 bits per heavy atom. The van der Waals surface area contributed by atoms with E-state index < -0.39 is 0 Å². The fraction of sp³-hybridized carbons (Fsp3) is 0.333. The molecule has 0 atom stereocenters. The van der Waals surface area contributed by atoms with Gasteiger partial charge in [-0.05, 0) is 18.2 Å². The smallest absolute Gasteiger partial charge is 0.238 e. The van der Waals surface area contributed by atoms with Crippen molar-refractivity contribution in [1.29, 1.82) is 5.26 Å². The molecule has 5 heteroatoms. The third kappa shape index (κ3) is 4.43. The highest BCUT2D eigenvalue weighted by Crippen LogP contribution is 2.20. The molecule has 0 aliphatic carbocycles. The summed E-state index contributed by atoms with van der Waals surface area (Å²) in [6.45, 7) is 4.11. The van der Waals surface area contributed by atoms with Gasteiger partial charge < -0.3 is 10.6 Å². The lowest BCUT2D eigenvalue weighted by molar-refractivity contribution is -0.115. The molecule has 0 aliphatic rings. The fourth-order valence-corrected chi connectivity index (χ4v) is 1.38. The van der Waals surface area contributed by atoms with Crippen LogP contribution in [0, 0.1) is 11.3 Å². The van der Waals surface area contributed by atoms with Crippen molar-refractivity contribution in [3.63, 3.8) is 0 Å². The minimum atomic E-state index is -0.197. The molecule has 2 N–H and O–H groups in total. The van der Waals surface area contributed by atoms with Gasteiger partial charge in [-0.3, -0.25) is 4.79 Å². The van der Waals surface area contributed by atoms with Crippen LogP contribution in [0.3, 0.4) is 0 Å². The third-order valence-electron chi connectivity index (χ3n) is 2.05. The van der Waals surface area contributed by atoms with E-state index in [1.165, 1.54) is 0 Å². The van der Waals surface area contributed by atoms with E-state index in [1.54, 1.807) is 18.2 Å². The first-order chi connectivity index (χ1) is 8.02. The van der Waals surface area contributed by atoms with Crippen molar-refractivity contribution >= 4 is 23.2 Å². The van der Waals surface area contributed by atoms with Crippen molar-refractivity contribution in [3.05, 3.63) is 28.8 Å². The van der Waals surface area contributed by atoms with Crippen LogP contribution in [0.1, 0.15) is 19.4 Å².